The molecule has 0 aliphatic heterocycles. The Balaban J connectivity index is 1.79. The summed E-state index contributed by atoms with van der Waals surface area (Å²) in [6.07, 6.45) is 10.9. The lowest BCUT2D eigenvalue weighted by molar-refractivity contribution is -0.104. The molecule has 0 heterocycles. The monoisotopic (exact) mass is 310 g/mol. The van der Waals surface area contributed by atoms with E-state index in [9.17, 15) is 4.79 Å². The van der Waals surface area contributed by atoms with E-state index in [0.29, 0.717) is 5.41 Å². The molecule has 1 aromatic carbocycles. The first kappa shape index (κ1) is 15.0. The SMILES string of the molecule is COc1ccc(/C(C)=C\C=O)cc1C12CC3CC(CC(C3)C1)C2. The Labute approximate surface area is 138 Å². The number of hydrogen-bond donors (Lipinski definition) is 0. The van der Waals surface area contributed by atoms with Gasteiger partial charge in [0.05, 0.1) is 7.11 Å². The van der Waals surface area contributed by atoms with Crippen molar-refractivity contribution in [2.75, 3.05) is 7.11 Å². The Bertz CT molecular complexity index is 621. The van der Waals surface area contributed by atoms with Crippen molar-refractivity contribution in [3.63, 3.8) is 0 Å². The molecule has 0 atom stereocenters. The minimum atomic E-state index is 0.317. The number of carbonyl (C=O) groups excluding carboxylic acids is 1. The zero-order chi connectivity index (χ0) is 16.0. The number of carbonyl (C=O) groups is 1. The van der Waals surface area contributed by atoms with Gasteiger partial charge in [0.25, 0.3) is 0 Å². The number of aldehydes is 1. The van der Waals surface area contributed by atoms with Crippen LogP contribution in [0.3, 0.4) is 0 Å². The largest absolute Gasteiger partial charge is 0.496 e. The maximum absolute atomic E-state index is 10.8. The van der Waals surface area contributed by atoms with Crippen LogP contribution in [0.25, 0.3) is 5.57 Å². The molecule has 2 nitrogen and oxygen atoms in total. The predicted molar refractivity (Wildman–Crippen MR) is 92.6 cm³/mol. The average Bonchev–Trinajstić information content (AvgIpc) is 2.53. The summed E-state index contributed by atoms with van der Waals surface area (Å²) >= 11 is 0. The molecule has 0 spiro atoms. The van der Waals surface area contributed by atoms with Crippen LogP contribution in [-0.4, -0.2) is 13.4 Å². The summed E-state index contributed by atoms with van der Waals surface area (Å²) in [5.41, 5.74) is 3.91. The summed E-state index contributed by atoms with van der Waals surface area (Å²) in [5, 5.41) is 0. The molecule has 0 radical (unpaired) electrons. The van der Waals surface area contributed by atoms with E-state index in [0.717, 1.165) is 40.9 Å². The molecule has 0 aromatic heterocycles. The lowest BCUT2D eigenvalue weighted by Gasteiger charge is -2.57. The van der Waals surface area contributed by atoms with Gasteiger partial charge in [-0.2, -0.15) is 0 Å². The van der Waals surface area contributed by atoms with Gasteiger partial charge in [-0.05, 0) is 98.0 Å². The summed E-state index contributed by atoms with van der Waals surface area (Å²) in [4.78, 5) is 10.8. The molecule has 23 heavy (non-hydrogen) atoms. The summed E-state index contributed by atoms with van der Waals surface area (Å²) in [7, 11) is 1.78. The smallest absolute Gasteiger partial charge is 0.143 e. The normalized spacial score (nSPS) is 35.4. The molecular weight excluding hydrogens is 284 g/mol. The van der Waals surface area contributed by atoms with Gasteiger partial charge in [-0.1, -0.05) is 6.07 Å². The number of methoxy groups -OCH3 is 1. The van der Waals surface area contributed by atoms with E-state index in [-0.39, 0.29) is 0 Å². The average molecular weight is 310 g/mol. The van der Waals surface area contributed by atoms with Gasteiger partial charge in [0, 0.05) is 5.56 Å². The van der Waals surface area contributed by atoms with Crippen LogP contribution >= 0.6 is 0 Å². The van der Waals surface area contributed by atoms with Gasteiger partial charge >= 0.3 is 0 Å². The molecule has 5 rings (SSSR count). The number of allylic oxidation sites excluding steroid dienone is 2. The fourth-order valence-corrected chi connectivity index (χ4v) is 6.01. The maximum Gasteiger partial charge on any atom is 0.143 e. The molecule has 4 aliphatic rings. The predicted octanol–water partition coefficient (Wildman–Crippen LogP) is 4.77. The van der Waals surface area contributed by atoms with Crippen LogP contribution in [0.1, 0.15) is 56.6 Å². The Hall–Kier alpha value is -1.57. The van der Waals surface area contributed by atoms with E-state index in [4.69, 9.17) is 4.74 Å². The van der Waals surface area contributed by atoms with Crippen molar-refractivity contribution in [3.05, 3.63) is 35.4 Å². The van der Waals surface area contributed by atoms with E-state index < -0.39 is 0 Å². The molecule has 4 saturated carbocycles. The summed E-state index contributed by atoms with van der Waals surface area (Å²) in [5.74, 6) is 3.79. The Morgan fingerprint density at radius 2 is 1.74 bits per heavy atom. The van der Waals surface area contributed by atoms with Crippen molar-refractivity contribution in [2.45, 2.75) is 50.9 Å². The third-order valence-electron chi connectivity index (χ3n) is 6.58. The molecule has 4 fully saturated rings. The number of hydrogen-bond acceptors (Lipinski definition) is 2. The summed E-state index contributed by atoms with van der Waals surface area (Å²) < 4.78 is 5.74. The van der Waals surface area contributed by atoms with Gasteiger partial charge in [0.1, 0.15) is 12.0 Å². The van der Waals surface area contributed by atoms with Crippen LogP contribution in [-0.2, 0) is 10.2 Å². The summed E-state index contributed by atoms with van der Waals surface area (Å²) in [6.45, 7) is 2.01. The number of rotatable bonds is 4. The quantitative estimate of drug-likeness (QED) is 0.592. The second-order valence-corrected chi connectivity index (χ2v) is 8.10. The van der Waals surface area contributed by atoms with Crippen molar-refractivity contribution in [1.82, 2.24) is 0 Å². The minimum Gasteiger partial charge on any atom is -0.496 e. The van der Waals surface area contributed by atoms with Crippen LogP contribution in [0.5, 0.6) is 5.75 Å². The van der Waals surface area contributed by atoms with Gasteiger partial charge in [-0.15, -0.1) is 0 Å². The Kier molecular flexibility index (Phi) is 3.59. The van der Waals surface area contributed by atoms with Crippen LogP contribution < -0.4 is 4.74 Å². The first-order valence-corrected chi connectivity index (χ1v) is 8.94. The van der Waals surface area contributed by atoms with Gasteiger partial charge in [0.15, 0.2) is 0 Å². The van der Waals surface area contributed by atoms with Crippen LogP contribution in [0.2, 0.25) is 0 Å². The summed E-state index contributed by atoms with van der Waals surface area (Å²) in [6, 6.07) is 6.49. The van der Waals surface area contributed by atoms with Crippen molar-refractivity contribution < 1.29 is 9.53 Å². The molecule has 4 aliphatic carbocycles. The Morgan fingerprint density at radius 3 is 2.26 bits per heavy atom. The fraction of sp³-hybridized carbons (Fsp3) is 0.571. The molecule has 2 heteroatoms. The van der Waals surface area contributed by atoms with Crippen molar-refractivity contribution >= 4 is 11.9 Å². The minimum absolute atomic E-state index is 0.317. The third kappa shape index (κ3) is 2.43. The second-order valence-electron chi connectivity index (χ2n) is 8.10. The first-order valence-electron chi connectivity index (χ1n) is 8.94. The number of benzene rings is 1. The zero-order valence-corrected chi connectivity index (χ0v) is 14.2. The van der Waals surface area contributed by atoms with E-state index >= 15 is 0 Å². The van der Waals surface area contributed by atoms with Crippen LogP contribution in [0, 0.1) is 17.8 Å². The van der Waals surface area contributed by atoms with Crippen LogP contribution in [0.15, 0.2) is 24.3 Å². The standard InChI is InChI=1S/C21H26O2/c1-14(5-6-22)18-3-4-20(23-2)19(10-18)21-11-15-7-16(12-21)9-17(8-15)13-21/h3-6,10,15-17H,7-9,11-13H2,1-2H3/b14-5-. The van der Waals surface area contributed by atoms with Gasteiger partial charge in [-0.25, -0.2) is 0 Å². The van der Waals surface area contributed by atoms with Gasteiger partial charge < -0.3 is 4.74 Å². The zero-order valence-electron chi connectivity index (χ0n) is 14.2. The molecular formula is C21H26O2. The lowest BCUT2D eigenvalue weighted by Crippen LogP contribution is -2.48. The van der Waals surface area contributed by atoms with Crippen molar-refractivity contribution in [2.24, 2.45) is 17.8 Å². The lowest BCUT2D eigenvalue weighted by atomic mass is 9.48. The van der Waals surface area contributed by atoms with E-state index in [1.807, 2.05) is 6.92 Å². The molecule has 0 N–H and O–H groups in total. The molecule has 0 amide bonds. The second kappa shape index (κ2) is 5.51. The molecule has 4 bridgehead atoms. The Morgan fingerprint density at radius 1 is 1.13 bits per heavy atom. The van der Waals surface area contributed by atoms with Crippen molar-refractivity contribution in [3.8, 4) is 5.75 Å². The van der Waals surface area contributed by atoms with Crippen LogP contribution in [0.4, 0.5) is 0 Å². The number of ether oxygens (including phenoxy) is 1. The van der Waals surface area contributed by atoms with Gasteiger partial charge in [-0.3, -0.25) is 4.79 Å². The molecule has 122 valence electrons. The highest BCUT2D eigenvalue weighted by atomic mass is 16.5. The highest BCUT2D eigenvalue weighted by Gasteiger charge is 2.52. The van der Waals surface area contributed by atoms with E-state index in [1.165, 1.54) is 44.1 Å². The first-order chi connectivity index (χ1) is 11.1. The fourth-order valence-electron chi connectivity index (χ4n) is 6.01. The molecule has 0 saturated heterocycles. The van der Waals surface area contributed by atoms with Crippen molar-refractivity contribution in [1.29, 1.82) is 0 Å². The topological polar surface area (TPSA) is 26.3 Å². The van der Waals surface area contributed by atoms with E-state index in [2.05, 4.69) is 18.2 Å². The molecule has 0 unspecified atom stereocenters. The highest BCUT2D eigenvalue weighted by Crippen LogP contribution is 2.62. The highest BCUT2D eigenvalue weighted by molar-refractivity contribution is 5.81. The maximum atomic E-state index is 10.8. The molecule has 1 aromatic rings. The van der Waals surface area contributed by atoms with Gasteiger partial charge in [0.2, 0.25) is 0 Å². The van der Waals surface area contributed by atoms with E-state index in [1.54, 1.807) is 13.2 Å². The third-order valence-corrected chi connectivity index (χ3v) is 6.58.